The molecule has 1 aliphatic rings. The Bertz CT molecular complexity index is 998. The predicted molar refractivity (Wildman–Crippen MR) is 119 cm³/mol. The third kappa shape index (κ3) is 4.31. The number of unbranched alkanes of at least 4 members (excludes halogenated alkanes) is 1. The van der Waals surface area contributed by atoms with E-state index in [1.807, 2.05) is 6.07 Å². The Balaban J connectivity index is 1.33. The first-order valence-corrected chi connectivity index (χ1v) is 10.8. The van der Waals surface area contributed by atoms with Gasteiger partial charge in [0.15, 0.2) is 11.5 Å². The van der Waals surface area contributed by atoms with Gasteiger partial charge in [0.2, 0.25) is 0 Å². The molecule has 0 spiro atoms. The van der Waals surface area contributed by atoms with Gasteiger partial charge >= 0.3 is 0 Å². The molecule has 5 heteroatoms. The zero-order valence-electron chi connectivity index (χ0n) is 18.0. The highest BCUT2D eigenvalue weighted by atomic mass is 19.1. The first-order valence-electron chi connectivity index (χ1n) is 10.8. The molecular weight excluding hydrogens is 379 g/mol. The number of hydrogen-bond acceptors (Lipinski definition) is 3. The van der Waals surface area contributed by atoms with Crippen LogP contribution in [-0.4, -0.2) is 43.5 Å². The van der Waals surface area contributed by atoms with E-state index in [1.165, 1.54) is 22.0 Å². The van der Waals surface area contributed by atoms with Crippen LogP contribution in [-0.2, 0) is 25.9 Å². The number of nitrogens with zero attached hydrogens (tertiary/aromatic N) is 2. The molecular formula is C25H31FN2O2. The zero-order chi connectivity index (χ0) is 20.9. The number of rotatable bonds is 9. The molecule has 0 saturated heterocycles. The lowest BCUT2D eigenvalue weighted by atomic mass is 9.98. The molecule has 0 unspecified atom stereocenters. The molecule has 0 atom stereocenters. The molecule has 1 aromatic heterocycles. The van der Waals surface area contributed by atoms with Crippen molar-refractivity contribution in [3.63, 3.8) is 0 Å². The van der Waals surface area contributed by atoms with Crippen molar-refractivity contribution in [2.24, 2.45) is 0 Å². The molecule has 0 saturated carbocycles. The van der Waals surface area contributed by atoms with Crippen molar-refractivity contribution in [2.75, 3.05) is 34.0 Å². The summed E-state index contributed by atoms with van der Waals surface area (Å²) < 4.78 is 26.1. The number of aryl methyl sites for hydroxylation is 2. The van der Waals surface area contributed by atoms with Gasteiger partial charge in [-0.1, -0.05) is 18.2 Å². The molecule has 0 bridgehead atoms. The van der Waals surface area contributed by atoms with Gasteiger partial charge in [0.1, 0.15) is 0 Å². The predicted octanol–water partition coefficient (Wildman–Crippen LogP) is 5.01. The SMILES string of the molecule is COc1cc2c(cc1OC)CN(CCCCn1cc(CCF)c3ccccc31)CC2. The summed E-state index contributed by atoms with van der Waals surface area (Å²) in [6, 6.07) is 12.6. The number of hydrogen-bond donors (Lipinski definition) is 0. The van der Waals surface area contributed by atoms with E-state index in [0.717, 1.165) is 62.5 Å². The second kappa shape index (κ2) is 9.52. The smallest absolute Gasteiger partial charge is 0.161 e. The van der Waals surface area contributed by atoms with Crippen LogP contribution >= 0.6 is 0 Å². The topological polar surface area (TPSA) is 26.6 Å². The minimum Gasteiger partial charge on any atom is -0.493 e. The minimum absolute atomic E-state index is 0.304. The van der Waals surface area contributed by atoms with Crippen LogP contribution in [0.4, 0.5) is 4.39 Å². The zero-order valence-corrected chi connectivity index (χ0v) is 18.0. The lowest BCUT2D eigenvalue weighted by molar-refractivity contribution is 0.246. The van der Waals surface area contributed by atoms with Gasteiger partial charge in [0.05, 0.1) is 20.9 Å². The molecule has 0 fully saturated rings. The monoisotopic (exact) mass is 410 g/mol. The summed E-state index contributed by atoms with van der Waals surface area (Å²) in [6.45, 7) is 3.80. The quantitative estimate of drug-likeness (QED) is 0.464. The molecule has 160 valence electrons. The standard InChI is InChI=1S/C25H31FN2O2/c1-29-24-15-19-10-14-27(17-21(19)16-25(24)30-2)12-5-6-13-28-18-20(9-11-26)22-7-3-4-8-23(22)28/h3-4,7-8,15-16,18H,5-6,9-14,17H2,1-2H3. The average Bonchev–Trinajstić information content (AvgIpc) is 3.13. The van der Waals surface area contributed by atoms with Crippen LogP contribution < -0.4 is 9.47 Å². The molecule has 0 radical (unpaired) electrons. The van der Waals surface area contributed by atoms with Crippen molar-refractivity contribution in [3.05, 3.63) is 59.3 Å². The van der Waals surface area contributed by atoms with Gasteiger partial charge in [-0.15, -0.1) is 0 Å². The van der Waals surface area contributed by atoms with E-state index in [2.05, 4.69) is 46.0 Å². The average molecular weight is 411 g/mol. The highest BCUT2D eigenvalue weighted by Gasteiger charge is 2.19. The van der Waals surface area contributed by atoms with Crippen LogP contribution in [0.25, 0.3) is 10.9 Å². The van der Waals surface area contributed by atoms with Crippen molar-refractivity contribution in [3.8, 4) is 11.5 Å². The van der Waals surface area contributed by atoms with Gasteiger partial charge in [-0.2, -0.15) is 0 Å². The maximum atomic E-state index is 12.9. The van der Waals surface area contributed by atoms with Gasteiger partial charge in [-0.05, 0) is 60.7 Å². The van der Waals surface area contributed by atoms with Crippen LogP contribution in [0, 0.1) is 0 Å². The van der Waals surface area contributed by atoms with Gasteiger partial charge in [-0.25, -0.2) is 0 Å². The summed E-state index contributed by atoms with van der Waals surface area (Å²) in [5.74, 6) is 1.62. The summed E-state index contributed by atoms with van der Waals surface area (Å²) in [5.41, 5.74) is 5.04. The number of methoxy groups -OCH3 is 2. The number of halogens is 1. The van der Waals surface area contributed by atoms with E-state index in [-0.39, 0.29) is 6.67 Å². The lowest BCUT2D eigenvalue weighted by Crippen LogP contribution is -2.31. The van der Waals surface area contributed by atoms with Crippen LogP contribution in [0.15, 0.2) is 42.6 Å². The molecule has 2 heterocycles. The van der Waals surface area contributed by atoms with Gasteiger partial charge in [0.25, 0.3) is 0 Å². The second-order valence-corrected chi connectivity index (χ2v) is 8.01. The minimum atomic E-state index is -0.304. The molecule has 0 aliphatic carbocycles. The number of fused-ring (bicyclic) bond motifs is 2. The van der Waals surface area contributed by atoms with Crippen LogP contribution in [0.3, 0.4) is 0 Å². The third-order valence-corrected chi connectivity index (χ3v) is 6.16. The molecule has 30 heavy (non-hydrogen) atoms. The maximum Gasteiger partial charge on any atom is 0.161 e. The Morgan fingerprint density at radius 1 is 0.967 bits per heavy atom. The van der Waals surface area contributed by atoms with Gasteiger partial charge < -0.3 is 14.0 Å². The number of alkyl halides is 1. The molecule has 4 rings (SSSR count). The molecule has 0 amide bonds. The van der Waals surface area contributed by atoms with Crippen molar-refractivity contribution in [1.82, 2.24) is 9.47 Å². The van der Waals surface area contributed by atoms with E-state index in [1.54, 1.807) is 14.2 Å². The van der Waals surface area contributed by atoms with Crippen molar-refractivity contribution < 1.29 is 13.9 Å². The first-order chi connectivity index (χ1) is 14.7. The molecule has 2 aromatic carbocycles. The maximum absolute atomic E-state index is 12.9. The Morgan fingerprint density at radius 2 is 1.70 bits per heavy atom. The Hall–Kier alpha value is -2.53. The summed E-state index contributed by atoms with van der Waals surface area (Å²) in [7, 11) is 3.38. The fourth-order valence-corrected chi connectivity index (χ4v) is 4.56. The Labute approximate surface area is 178 Å². The van der Waals surface area contributed by atoms with E-state index in [0.29, 0.717) is 6.42 Å². The fraction of sp³-hybridized carbons (Fsp3) is 0.440. The Morgan fingerprint density at radius 3 is 2.47 bits per heavy atom. The molecule has 4 nitrogen and oxygen atoms in total. The lowest BCUT2D eigenvalue weighted by Gasteiger charge is -2.29. The normalized spacial score (nSPS) is 14.1. The highest BCUT2D eigenvalue weighted by Crippen LogP contribution is 2.33. The van der Waals surface area contributed by atoms with E-state index >= 15 is 0 Å². The molecule has 1 aliphatic heterocycles. The van der Waals surface area contributed by atoms with Gasteiger partial charge in [-0.3, -0.25) is 9.29 Å². The van der Waals surface area contributed by atoms with E-state index in [4.69, 9.17) is 9.47 Å². The third-order valence-electron chi connectivity index (χ3n) is 6.16. The Kier molecular flexibility index (Phi) is 6.58. The summed E-state index contributed by atoms with van der Waals surface area (Å²) in [5, 5.41) is 1.19. The summed E-state index contributed by atoms with van der Waals surface area (Å²) in [6.07, 6.45) is 5.94. The number of aromatic nitrogens is 1. The molecule has 3 aromatic rings. The summed E-state index contributed by atoms with van der Waals surface area (Å²) in [4.78, 5) is 2.52. The van der Waals surface area contributed by atoms with Crippen LogP contribution in [0.1, 0.15) is 29.5 Å². The fourth-order valence-electron chi connectivity index (χ4n) is 4.56. The van der Waals surface area contributed by atoms with Crippen molar-refractivity contribution in [1.29, 1.82) is 0 Å². The largest absolute Gasteiger partial charge is 0.493 e. The molecule has 0 N–H and O–H groups in total. The van der Waals surface area contributed by atoms with Crippen LogP contribution in [0.5, 0.6) is 11.5 Å². The van der Waals surface area contributed by atoms with Crippen LogP contribution in [0.2, 0.25) is 0 Å². The van der Waals surface area contributed by atoms with Gasteiger partial charge in [0, 0.05) is 43.2 Å². The first kappa shape index (κ1) is 20.7. The second-order valence-electron chi connectivity index (χ2n) is 8.01. The number of para-hydroxylation sites is 1. The summed E-state index contributed by atoms with van der Waals surface area (Å²) >= 11 is 0. The van der Waals surface area contributed by atoms with Crippen molar-refractivity contribution in [2.45, 2.75) is 38.8 Å². The van der Waals surface area contributed by atoms with E-state index in [9.17, 15) is 4.39 Å². The number of benzene rings is 2. The van der Waals surface area contributed by atoms with Crippen molar-refractivity contribution >= 4 is 10.9 Å². The highest BCUT2D eigenvalue weighted by molar-refractivity contribution is 5.84. The number of ether oxygens (including phenoxy) is 2. The van der Waals surface area contributed by atoms with E-state index < -0.39 is 0 Å².